The normalized spacial score (nSPS) is 23.9. The second-order valence-corrected chi connectivity index (χ2v) is 5.29. The number of hydrogen-bond acceptors (Lipinski definition) is 1. The second-order valence-electron chi connectivity index (χ2n) is 5.29. The third kappa shape index (κ3) is 2.46. The van der Waals surface area contributed by atoms with E-state index in [9.17, 15) is 13.2 Å². The first kappa shape index (κ1) is 12.4. The number of hydrogen-bond donors (Lipinski definition) is 1. The van der Waals surface area contributed by atoms with Crippen molar-refractivity contribution in [2.45, 2.75) is 25.9 Å². The Morgan fingerprint density at radius 3 is 2.18 bits per heavy atom. The zero-order valence-corrected chi connectivity index (χ0v) is 9.93. The van der Waals surface area contributed by atoms with Gasteiger partial charge >= 0.3 is 6.18 Å². The molecule has 1 heterocycles. The summed E-state index contributed by atoms with van der Waals surface area (Å²) < 4.78 is 37.3. The molecule has 4 heteroatoms. The van der Waals surface area contributed by atoms with Crippen molar-refractivity contribution in [2.24, 2.45) is 5.41 Å². The maximum absolute atomic E-state index is 12.4. The van der Waals surface area contributed by atoms with Crippen molar-refractivity contribution < 1.29 is 13.2 Å². The van der Waals surface area contributed by atoms with Crippen molar-refractivity contribution in [2.75, 3.05) is 13.1 Å². The summed E-state index contributed by atoms with van der Waals surface area (Å²) in [7, 11) is 0. The Morgan fingerprint density at radius 1 is 1.18 bits per heavy atom. The van der Waals surface area contributed by atoms with Gasteiger partial charge in [0.1, 0.15) is 0 Å². The molecule has 0 aromatic heterocycles. The van der Waals surface area contributed by atoms with Crippen molar-refractivity contribution in [3.8, 4) is 0 Å². The molecule has 0 amide bonds. The Kier molecular flexibility index (Phi) is 2.94. The lowest BCUT2D eigenvalue weighted by molar-refractivity contribution is -0.137. The average Bonchev–Trinajstić information content (AvgIpc) is 2.57. The summed E-state index contributed by atoms with van der Waals surface area (Å²) in [6, 6.07) is 5.54. The first-order valence-electron chi connectivity index (χ1n) is 5.68. The highest BCUT2D eigenvalue weighted by Gasteiger charge is 2.36. The highest BCUT2D eigenvalue weighted by Crippen LogP contribution is 2.39. The van der Waals surface area contributed by atoms with E-state index < -0.39 is 11.7 Å². The molecule has 2 rings (SSSR count). The van der Waals surface area contributed by atoms with Crippen LogP contribution in [0.3, 0.4) is 0 Å². The third-order valence-corrected chi connectivity index (χ3v) is 3.51. The average molecular weight is 243 g/mol. The summed E-state index contributed by atoms with van der Waals surface area (Å²) in [5.74, 6) is 0.282. The van der Waals surface area contributed by atoms with Crippen molar-refractivity contribution in [3.05, 3.63) is 35.4 Å². The van der Waals surface area contributed by atoms with Crippen LogP contribution < -0.4 is 5.32 Å². The quantitative estimate of drug-likeness (QED) is 0.797. The lowest BCUT2D eigenvalue weighted by Crippen LogP contribution is -2.20. The van der Waals surface area contributed by atoms with Gasteiger partial charge in [-0.2, -0.15) is 13.2 Å². The van der Waals surface area contributed by atoms with Crippen molar-refractivity contribution >= 4 is 0 Å². The van der Waals surface area contributed by atoms with Gasteiger partial charge in [0, 0.05) is 19.0 Å². The topological polar surface area (TPSA) is 12.0 Å². The molecule has 1 aromatic carbocycles. The molecule has 94 valence electrons. The Hall–Kier alpha value is -1.03. The summed E-state index contributed by atoms with van der Waals surface area (Å²) in [6.45, 7) is 6.00. The van der Waals surface area contributed by atoms with Gasteiger partial charge in [-0.3, -0.25) is 0 Å². The molecular weight excluding hydrogens is 227 g/mol. The Bertz CT molecular complexity index is 392. The van der Waals surface area contributed by atoms with Crippen LogP contribution in [0.5, 0.6) is 0 Å². The first-order chi connectivity index (χ1) is 7.81. The van der Waals surface area contributed by atoms with E-state index in [0.717, 1.165) is 18.7 Å². The van der Waals surface area contributed by atoms with E-state index in [4.69, 9.17) is 0 Å². The molecule has 1 unspecified atom stereocenters. The summed E-state index contributed by atoms with van der Waals surface area (Å²) in [5, 5.41) is 3.28. The van der Waals surface area contributed by atoms with Gasteiger partial charge in [-0.1, -0.05) is 26.0 Å². The van der Waals surface area contributed by atoms with E-state index in [1.165, 1.54) is 12.1 Å². The van der Waals surface area contributed by atoms with Crippen molar-refractivity contribution in [1.29, 1.82) is 0 Å². The molecule has 17 heavy (non-hydrogen) atoms. The summed E-state index contributed by atoms with van der Waals surface area (Å²) in [4.78, 5) is 0. The maximum Gasteiger partial charge on any atom is 0.416 e. The molecule has 0 saturated carbocycles. The predicted molar refractivity (Wildman–Crippen MR) is 60.8 cm³/mol. The van der Waals surface area contributed by atoms with Gasteiger partial charge in [-0.25, -0.2) is 0 Å². The number of benzene rings is 1. The molecule has 1 aromatic rings. The van der Waals surface area contributed by atoms with Gasteiger partial charge in [0.05, 0.1) is 5.56 Å². The van der Waals surface area contributed by atoms with E-state index in [0.29, 0.717) is 0 Å². The van der Waals surface area contributed by atoms with Crippen LogP contribution in [0, 0.1) is 5.41 Å². The van der Waals surface area contributed by atoms with E-state index >= 15 is 0 Å². The Balaban J connectivity index is 2.24. The molecule has 0 radical (unpaired) electrons. The minimum Gasteiger partial charge on any atom is -0.316 e. The molecule has 1 N–H and O–H groups in total. The van der Waals surface area contributed by atoms with Gasteiger partial charge in [0.25, 0.3) is 0 Å². The lowest BCUT2D eigenvalue weighted by atomic mass is 9.78. The third-order valence-electron chi connectivity index (χ3n) is 3.51. The van der Waals surface area contributed by atoms with Crippen LogP contribution in [0.25, 0.3) is 0 Å². The predicted octanol–water partition coefficient (Wildman–Crippen LogP) is 3.42. The van der Waals surface area contributed by atoms with Crippen LogP contribution in [0.4, 0.5) is 13.2 Å². The second kappa shape index (κ2) is 4.02. The Morgan fingerprint density at radius 2 is 1.76 bits per heavy atom. The van der Waals surface area contributed by atoms with E-state index in [1.807, 2.05) is 0 Å². The standard InChI is InChI=1S/C13H16F3N/c1-12(2)8-17-7-11(12)9-3-5-10(6-4-9)13(14,15)16/h3-6,11,17H,7-8H2,1-2H3. The monoisotopic (exact) mass is 243 g/mol. The summed E-state index contributed by atoms with van der Waals surface area (Å²) in [6.07, 6.45) is -4.25. The van der Waals surface area contributed by atoms with Gasteiger partial charge < -0.3 is 5.32 Å². The first-order valence-corrected chi connectivity index (χ1v) is 5.68. The van der Waals surface area contributed by atoms with E-state index in [2.05, 4.69) is 19.2 Å². The molecule has 1 aliphatic rings. The highest BCUT2D eigenvalue weighted by molar-refractivity contribution is 5.29. The largest absolute Gasteiger partial charge is 0.416 e. The van der Waals surface area contributed by atoms with Crippen LogP contribution in [0.2, 0.25) is 0 Å². The summed E-state index contributed by atoms with van der Waals surface area (Å²) >= 11 is 0. The fraction of sp³-hybridized carbons (Fsp3) is 0.538. The number of nitrogens with one attached hydrogen (secondary N) is 1. The smallest absolute Gasteiger partial charge is 0.316 e. The van der Waals surface area contributed by atoms with Gasteiger partial charge in [-0.05, 0) is 23.1 Å². The van der Waals surface area contributed by atoms with Crippen molar-refractivity contribution in [1.82, 2.24) is 5.32 Å². The molecule has 1 saturated heterocycles. The molecule has 1 nitrogen and oxygen atoms in total. The molecule has 1 atom stereocenters. The Labute approximate surface area is 99.0 Å². The summed E-state index contributed by atoms with van der Waals surface area (Å²) in [5.41, 5.74) is 0.498. The zero-order chi connectivity index (χ0) is 12.7. The van der Waals surface area contributed by atoms with Crippen LogP contribution in [0.1, 0.15) is 30.9 Å². The van der Waals surface area contributed by atoms with Crippen LogP contribution >= 0.6 is 0 Å². The molecule has 1 fully saturated rings. The zero-order valence-electron chi connectivity index (χ0n) is 9.93. The van der Waals surface area contributed by atoms with Crippen LogP contribution in [0.15, 0.2) is 24.3 Å². The molecule has 0 aliphatic carbocycles. The maximum atomic E-state index is 12.4. The van der Waals surface area contributed by atoms with Gasteiger partial charge in [-0.15, -0.1) is 0 Å². The highest BCUT2D eigenvalue weighted by atomic mass is 19.4. The van der Waals surface area contributed by atoms with Crippen LogP contribution in [-0.2, 0) is 6.18 Å². The van der Waals surface area contributed by atoms with Gasteiger partial charge in [0.2, 0.25) is 0 Å². The fourth-order valence-electron chi connectivity index (χ4n) is 2.41. The van der Waals surface area contributed by atoms with E-state index in [1.54, 1.807) is 12.1 Å². The minimum atomic E-state index is -4.25. The number of rotatable bonds is 1. The van der Waals surface area contributed by atoms with Crippen molar-refractivity contribution in [3.63, 3.8) is 0 Å². The number of alkyl halides is 3. The molecule has 0 spiro atoms. The van der Waals surface area contributed by atoms with Gasteiger partial charge in [0.15, 0.2) is 0 Å². The fourth-order valence-corrected chi connectivity index (χ4v) is 2.41. The molecular formula is C13H16F3N. The minimum absolute atomic E-state index is 0.0970. The molecule has 1 aliphatic heterocycles. The SMILES string of the molecule is CC1(C)CNCC1c1ccc(C(F)(F)F)cc1. The lowest BCUT2D eigenvalue weighted by Gasteiger charge is -2.26. The van der Waals surface area contributed by atoms with Crippen LogP contribution in [-0.4, -0.2) is 13.1 Å². The molecule has 0 bridgehead atoms. The van der Waals surface area contributed by atoms with E-state index in [-0.39, 0.29) is 11.3 Å². The number of halogens is 3.